The first kappa shape index (κ1) is 29.4. The summed E-state index contributed by atoms with van der Waals surface area (Å²) in [6, 6.07) is 65.2. The molecule has 7 aromatic carbocycles. The van der Waals surface area contributed by atoms with Gasteiger partial charge in [0.25, 0.3) is 0 Å². The molecule has 4 heteroatoms. The van der Waals surface area contributed by atoms with Crippen LogP contribution in [0.1, 0.15) is 0 Å². The van der Waals surface area contributed by atoms with E-state index in [4.69, 9.17) is 4.98 Å². The normalized spacial score (nSPS) is 11.5. The topological polar surface area (TPSA) is 21.1 Å². The number of para-hydroxylation sites is 2. The van der Waals surface area contributed by atoms with Gasteiger partial charge in [-0.3, -0.25) is 4.98 Å². The minimum absolute atomic E-state index is 0.941. The Labute approximate surface area is 299 Å². The van der Waals surface area contributed by atoms with Gasteiger partial charge in [-0.1, -0.05) is 109 Å². The minimum Gasteiger partial charge on any atom is -0.310 e. The number of nitrogens with zero attached hydrogens (tertiary/aromatic N) is 3. The van der Waals surface area contributed by atoms with Gasteiger partial charge in [0, 0.05) is 53.6 Å². The summed E-state index contributed by atoms with van der Waals surface area (Å²) in [4.78, 5) is 7.32. The highest BCUT2D eigenvalue weighted by Gasteiger charge is 2.16. The molecular formula is C47H31N3S. The maximum absolute atomic E-state index is 4.97. The lowest BCUT2D eigenvalue weighted by Gasteiger charge is -2.26. The van der Waals surface area contributed by atoms with E-state index in [9.17, 15) is 0 Å². The molecule has 0 fully saturated rings. The first-order valence-corrected chi connectivity index (χ1v) is 18.0. The van der Waals surface area contributed by atoms with Gasteiger partial charge in [0.1, 0.15) is 0 Å². The van der Waals surface area contributed by atoms with E-state index in [-0.39, 0.29) is 0 Å². The van der Waals surface area contributed by atoms with Crippen LogP contribution in [0.5, 0.6) is 0 Å². The van der Waals surface area contributed by atoms with Gasteiger partial charge in [-0.05, 0) is 83.9 Å². The van der Waals surface area contributed by atoms with Gasteiger partial charge < -0.3 is 9.47 Å². The Kier molecular flexibility index (Phi) is 7.00. The largest absolute Gasteiger partial charge is 0.310 e. The molecular weight excluding hydrogens is 639 g/mol. The molecule has 0 aliphatic carbocycles. The van der Waals surface area contributed by atoms with Crippen molar-refractivity contribution in [3.05, 3.63) is 188 Å². The van der Waals surface area contributed by atoms with Crippen molar-refractivity contribution in [3.63, 3.8) is 0 Å². The van der Waals surface area contributed by atoms with Crippen LogP contribution in [0.3, 0.4) is 0 Å². The SMILES string of the molecule is c1ccc(-c2ccc(N(c3ccc(-c4ccc(-n5c6ccccc6c6ccccc65)cn4)cc3)c3ccc4sc5ccccc5c4c3)cc2)cc1. The second kappa shape index (κ2) is 12.1. The van der Waals surface area contributed by atoms with E-state index in [1.54, 1.807) is 0 Å². The molecule has 0 saturated heterocycles. The zero-order chi connectivity index (χ0) is 33.7. The Morgan fingerprint density at radius 3 is 1.63 bits per heavy atom. The summed E-state index contributed by atoms with van der Waals surface area (Å²) in [6.07, 6.45) is 1.99. The van der Waals surface area contributed by atoms with Gasteiger partial charge in [-0.15, -0.1) is 11.3 Å². The van der Waals surface area contributed by atoms with Crippen LogP contribution in [-0.2, 0) is 0 Å². The number of thiophene rings is 1. The molecule has 3 heterocycles. The van der Waals surface area contributed by atoms with Crippen molar-refractivity contribution in [3.8, 4) is 28.1 Å². The summed E-state index contributed by atoms with van der Waals surface area (Å²) in [5, 5.41) is 5.07. The van der Waals surface area contributed by atoms with Crippen LogP contribution in [-0.4, -0.2) is 9.55 Å². The molecule has 0 aliphatic rings. The van der Waals surface area contributed by atoms with E-state index >= 15 is 0 Å². The first-order valence-electron chi connectivity index (χ1n) is 17.2. The van der Waals surface area contributed by atoms with Crippen LogP contribution in [0.4, 0.5) is 17.1 Å². The fourth-order valence-corrected chi connectivity index (χ4v) is 8.49. The molecule has 240 valence electrons. The molecule has 0 saturated carbocycles. The number of pyridine rings is 1. The van der Waals surface area contributed by atoms with Gasteiger partial charge in [0.05, 0.1) is 28.6 Å². The lowest BCUT2D eigenvalue weighted by molar-refractivity contribution is 1.14. The Hall–Kier alpha value is -6.49. The van der Waals surface area contributed by atoms with Crippen LogP contribution >= 0.6 is 11.3 Å². The summed E-state index contributed by atoms with van der Waals surface area (Å²) < 4.78 is 4.91. The van der Waals surface area contributed by atoms with Gasteiger partial charge in [-0.25, -0.2) is 0 Å². The Morgan fingerprint density at radius 1 is 0.412 bits per heavy atom. The number of aromatic nitrogens is 2. The zero-order valence-corrected chi connectivity index (χ0v) is 28.5. The molecule has 3 nitrogen and oxygen atoms in total. The van der Waals surface area contributed by atoms with Crippen LogP contribution < -0.4 is 4.90 Å². The molecule has 10 rings (SSSR count). The molecule has 3 aromatic heterocycles. The monoisotopic (exact) mass is 669 g/mol. The molecule has 0 spiro atoms. The molecule has 0 bridgehead atoms. The number of rotatable bonds is 6. The molecule has 0 radical (unpaired) electrons. The average molecular weight is 670 g/mol. The third-order valence-corrected chi connectivity index (χ3v) is 11.0. The molecule has 51 heavy (non-hydrogen) atoms. The van der Waals surface area contributed by atoms with Crippen LogP contribution in [0, 0.1) is 0 Å². The van der Waals surface area contributed by atoms with E-state index in [0.29, 0.717) is 0 Å². The fourth-order valence-electron chi connectivity index (χ4n) is 7.40. The van der Waals surface area contributed by atoms with Crippen LogP contribution in [0.2, 0.25) is 0 Å². The zero-order valence-electron chi connectivity index (χ0n) is 27.6. The second-order valence-electron chi connectivity index (χ2n) is 12.8. The number of benzene rings is 7. The molecule has 0 atom stereocenters. The van der Waals surface area contributed by atoms with E-state index in [2.05, 4.69) is 191 Å². The van der Waals surface area contributed by atoms with Gasteiger partial charge >= 0.3 is 0 Å². The minimum atomic E-state index is 0.941. The summed E-state index contributed by atoms with van der Waals surface area (Å²) in [5.74, 6) is 0. The smallest absolute Gasteiger partial charge is 0.0703 e. The van der Waals surface area contributed by atoms with Crippen molar-refractivity contribution < 1.29 is 0 Å². The average Bonchev–Trinajstić information content (AvgIpc) is 3.75. The van der Waals surface area contributed by atoms with Crippen molar-refractivity contribution in [1.29, 1.82) is 0 Å². The Morgan fingerprint density at radius 2 is 0.961 bits per heavy atom. The van der Waals surface area contributed by atoms with E-state index in [0.717, 1.165) is 34.0 Å². The fraction of sp³-hybridized carbons (Fsp3) is 0. The number of hydrogen-bond donors (Lipinski definition) is 0. The quantitative estimate of drug-likeness (QED) is 0.176. The third-order valence-electron chi connectivity index (χ3n) is 9.86. The Bertz CT molecular complexity index is 2780. The van der Waals surface area contributed by atoms with Gasteiger partial charge in [-0.2, -0.15) is 0 Å². The lowest BCUT2D eigenvalue weighted by Crippen LogP contribution is -2.09. The van der Waals surface area contributed by atoms with E-state index in [1.165, 1.54) is 53.1 Å². The predicted molar refractivity (Wildman–Crippen MR) is 217 cm³/mol. The maximum Gasteiger partial charge on any atom is 0.0703 e. The summed E-state index contributed by atoms with van der Waals surface area (Å²) in [6.45, 7) is 0. The van der Waals surface area contributed by atoms with Crippen molar-refractivity contribution in [2.24, 2.45) is 0 Å². The molecule has 0 amide bonds. The summed E-state index contributed by atoms with van der Waals surface area (Å²) in [7, 11) is 0. The number of fused-ring (bicyclic) bond motifs is 6. The van der Waals surface area contributed by atoms with E-state index in [1.807, 2.05) is 17.5 Å². The highest BCUT2D eigenvalue weighted by Crippen LogP contribution is 2.41. The highest BCUT2D eigenvalue weighted by molar-refractivity contribution is 7.25. The molecule has 10 aromatic rings. The number of anilines is 3. The van der Waals surface area contributed by atoms with Crippen LogP contribution in [0.25, 0.3) is 70.0 Å². The Balaban J connectivity index is 1.03. The maximum atomic E-state index is 4.97. The molecule has 0 N–H and O–H groups in total. The predicted octanol–water partition coefficient (Wildman–Crippen LogP) is 13.4. The second-order valence-corrected chi connectivity index (χ2v) is 13.9. The number of hydrogen-bond acceptors (Lipinski definition) is 3. The first-order chi connectivity index (χ1) is 25.3. The van der Waals surface area contributed by atoms with Gasteiger partial charge in [0.15, 0.2) is 0 Å². The molecule has 0 aliphatic heterocycles. The standard InChI is InChI=1S/C47H31N3S/c1-2-10-32(11-3-1)33-18-22-35(23-19-33)49(37-27-29-47-42(30-37)41-14-6-9-17-46(41)51-47)36-24-20-34(21-25-36)43-28-26-38(31-48-43)50-44-15-7-4-12-39(44)40-13-5-8-16-45(40)50/h1-31H. The highest BCUT2D eigenvalue weighted by atomic mass is 32.1. The van der Waals surface area contributed by atoms with E-state index < -0.39 is 0 Å². The van der Waals surface area contributed by atoms with Crippen molar-refractivity contribution in [1.82, 2.24) is 9.55 Å². The third kappa shape index (κ3) is 5.08. The van der Waals surface area contributed by atoms with Crippen molar-refractivity contribution in [2.45, 2.75) is 0 Å². The van der Waals surface area contributed by atoms with Crippen molar-refractivity contribution >= 4 is 70.4 Å². The summed E-state index contributed by atoms with van der Waals surface area (Å²) >= 11 is 1.85. The van der Waals surface area contributed by atoms with Crippen LogP contribution in [0.15, 0.2) is 188 Å². The molecule has 0 unspecified atom stereocenters. The van der Waals surface area contributed by atoms with Gasteiger partial charge in [0.2, 0.25) is 0 Å². The summed E-state index contributed by atoms with van der Waals surface area (Å²) in [5.41, 5.74) is 11.2. The van der Waals surface area contributed by atoms with Crippen molar-refractivity contribution in [2.75, 3.05) is 4.90 Å². The lowest BCUT2D eigenvalue weighted by atomic mass is 10.0.